The predicted molar refractivity (Wildman–Crippen MR) is 103 cm³/mol. The molecule has 1 aromatic heterocycles. The van der Waals surface area contributed by atoms with Crippen molar-refractivity contribution in [2.45, 2.75) is 0 Å². The molecule has 0 atom stereocenters. The summed E-state index contributed by atoms with van der Waals surface area (Å²) in [7, 11) is 3.91. The molecule has 0 saturated carbocycles. The fourth-order valence-electron chi connectivity index (χ4n) is 2.34. The summed E-state index contributed by atoms with van der Waals surface area (Å²) in [5.41, 5.74) is 3.52. The second kappa shape index (κ2) is 7.65. The summed E-state index contributed by atoms with van der Waals surface area (Å²) in [5.74, 6) is -0.574. The number of nitrogens with one attached hydrogen (secondary N) is 2. The molecule has 1 heterocycles. The van der Waals surface area contributed by atoms with Gasteiger partial charge in [-0.05, 0) is 60.7 Å². The lowest BCUT2D eigenvalue weighted by Crippen LogP contribution is -2.14. The number of pyridine rings is 1. The summed E-state index contributed by atoms with van der Waals surface area (Å²) in [5, 5.41) is 5.92. The highest BCUT2D eigenvalue weighted by molar-refractivity contribution is 6.03. The molecule has 26 heavy (non-hydrogen) atoms. The van der Waals surface area contributed by atoms with Crippen LogP contribution in [0.4, 0.5) is 27.1 Å². The lowest BCUT2D eigenvalue weighted by atomic mass is 10.2. The van der Waals surface area contributed by atoms with E-state index in [1.165, 1.54) is 12.1 Å². The quantitative estimate of drug-likeness (QED) is 0.721. The van der Waals surface area contributed by atoms with E-state index in [1.807, 2.05) is 43.3 Å². The second-order valence-corrected chi connectivity index (χ2v) is 5.96. The first-order valence-corrected chi connectivity index (χ1v) is 8.09. The molecular formula is C20H19FN4O. The van der Waals surface area contributed by atoms with Gasteiger partial charge in [0.1, 0.15) is 11.5 Å². The van der Waals surface area contributed by atoms with Gasteiger partial charge in [-0.15, -0.1) is 0 Å². The van der Waals surface area contributed by atoms with Gasteiger partial charge >= 0.3 is 0 Å². The molecule has 0 spiro atoms. The molecular weight excluding hydrogens is 331 g/mol. The van der Waals surface area contributed by atoms with Crippen LogP contribution in [-0.2, 0) is 0 Å². The van der Waals surface area contributed by atoms with Crippen molar-refractivity contribution in [1.29, 1.82) is 0 Å². The predicted octanol–water partition coefficient (Wildman–Crippen LogP) is 4.28. The van der Waals surface area contributed by atoms with Crippen molar-refractivity contribution in [2.24, 2.45) is 0 Å². The molecule has 3 rings (SSSR count). The van der Waals surface area contributed by atoms with E-state index in [4.69, 9.17) is 0 Å². The number of rotatable bonds is 5. The Kier molecular flexibility index (Phi) is 5.12. The molecule has 0 aliphatic rings. The first-order chi connectivity index (χ1) is 12.5. The Morgan fingerprint density at radius 2 is 1.50 bits per heavy atom. The summed E-state index contributed by atoms with van der Waals surface area (Å²) in [6.07, 6.45) is 1.56. The van der Waals surface area contributed by atoms with Crippen LogP contribution in [0.5, 0.6) is 0 Å². The maximum Gasteiger partial charge on any atom is 0.274 e. The van der Waals surface area contributed by atoms with Crippen LogP contribution < -0.4 is 15.5 Å². The molecule has 132 valence electrons. The Labute approximate surface area is 151 Å². The zero-order chi connectivity index (χ0) is 18.5. The molecule has 0 saturated heterocycles. The van der Waals surface area contributed by atoms with Gasteiger partial charge in [-0.25, -0.2) is 9.37 Å². The van der Waals surface area contributed by atoms with E-state index in [2.05, 4.69) is 15.6 Å². The van der Waals surface area contributed by atoms with E-state index in [1.54, 1.807) is 30.5 Å². The first-order valence-electron chi connectivity index (χ1n) is 8.09. The van der Waals surface area contributed by atoms with Gasteiger partial charge in [0, 0.05) is 31.2 Å². The number of hydrogen-bond acceptors (Lipinski definition) is 4. The molecule has 1 amide bonds. The Balaban J connectivity index is 1.63. The molecule has 2 aromatic carbocycles. The molecule has 0 fully saturated rings. The van der Waals surface area contributed by atoms with Crippen LogP contribution in [-0.4, -0.2) is 25.0 Å². The SMILES string of the molecule is CN(C)c1ccc(NC(=O)c2ccc(Nc3ccc(F)cc3)cn2)cc1. The maximum absolute atomic E-state index is 12.9. The number of hydrogen-bond donors (Lipinski definition) is 2. The van der Waals surface area contributed by atoms with Gasteiger partial charge in [-0.3, -0.25) is 4.79 Å². The van der Waals surface area contributed by atoms with Gasteiger partial charge in [0.25, 0.3) is 5.91 Å². The third-order valence-electron chi connectivity index (χ3n) is 3.77. The average molecular weight is 350 g/mol. The Hall–Kier alpha value is -3.41. The second-order valence-electron chi connectivity index (χ2n) is 5.96. The van der Waals surface area contributed by atoms with Gasteiger partial charge < -0.3 is 15.5 Å². The highest BCUT2D eigenvalue weighted by Crippen LogP contribution is 2.18. The van der Waals surface area contributed by atoms with Crippen LogP contribution in [0, 0.1) is 5.82 Å². The van der Waals surface area contributed by atoms with Crippen LogP contribution in [0.25, 0.3) is 0 Å². The highest BCUT2D eigenvalue weighted by Gasteiger charge is 2.08. The minimum Gasteiger partial charge on any atom is -0.378 e. The van der Waals surface area contributed by atoms with Crippen LogP contribution in [0.3, 0.4) is 0 Å². The Morgan fingerprint density at radius 3 is 2.08 bits per heavy atom. The van der Waals surface area contributed by atoms with E-state index < -0.39 is 0 Å². The van der Waals surface area contributed by atoms with Crippen LogP contribution >= 0.6 is 0 Å². The topological polar surface area (TPSA) is 57.3 Å². The lowest BCUT2D eigenvalue weighted by Gasteiger charge is -2.13. The molecule has 0 aliphatic heterocycles. The Bertz CT molecular complexity index is 875. The van der Waals surface area contributed by atoms with Crippen LogP contribution in [0.15, 0.2) is 66.9 Å². The fourth-order valence-corrected chi connectivity index (χ4v) is 2.34. The van der Waals surface area contributed by atoms with E-state index in [-0.39, 0.29) is 11.7 Å². The number of nitrogens with zero attached hydrogens (tertiary/aromatic N) is 2. The number of halogens is 1. The summed E-state index contributed by atoms with van der Waals surface area (Å²) < 4.78 is 12.9. The van der Waals surface area contributed by atoms with Crippen LogP contribution in [0.1, 0.15) is 10.5 Å². The monoisotopic (exact) mass is 350 g/mol. The van der Waals surface area contributed by atoms with Gasteiger partial charge in [0.05, 0.1) is 11.9 Å². The molecule has 6 heteroatoms. The van der Waals surface area contributed by atoms with Gasteiger partial charge in [0.15, 0.2) is 0 Å². The van der Waals surface area contributed by atoms with Crippen molar-refractivity contribution in [3.05, 3.63) is 78.4 Å². The molecule has 0 bridgehead atoms. The molecule has 0 radical (unpaired) electrons. The first kappa shape index (κ1) is 17.4. The van der Waals surface area contributed by atoms with E-state index >= 15 is 0 Å². The zero-order valence-electron chi connectivity index (χ0n) is 14.5. The van der Waals surface area contributed by atoms with Crippen molar-refractivity contribution in [2.75, 3.05) is 29.6 Å². The third kappa shape index (κ3) is 4.36. The average Bonchev–Trinajstić information content (AvgIpc) is 2.64. The number of anilines is 4. The summed E-state index contributed by atoms with van der Waals surface area (Å²) in [6.45, 7) is 0. The maximum atomic E-state index is 12.9. The number of aromatic nitrogens is 1. The van der Waals surface area contributed by atoms with Crippen molar-refractivity contribution in [1.82, 2.24) is 4.98 Å². The minimum absolute atomic E-state index is 0.282. The van der Waals surface area contributed by atoms with E-state index in [0.29, 0.717) is 17.1 Å². The number of benzene rings is 2. The molecule has 2 N–H and O–H groups in total. The van der Waals surface area contributed by atoms with Crippen molar-refractivity contribution in [3.8, 4) is 0 Å². The van der Waals surface area contributed by atoms with Crippen LogP contribution in [0.2, 0.25) is 0 Å². The smallest absolute Gasteiger partial charge is 0.274 e. The van der Waals surface area contributed by atoms with Crippen molar-refractivity contribution < 1.29 is 9.18 Å². The highest BCUT2D eigenvalue weighted by atomic mass is 19.1. The normalized spacial score (nSPS) is 10.3. The number of carbonyl (C=O) groups is 1. The van der Waals surface area contributed by atoms with E-state index in [9.17, 15) is 9.18 Å². The van der Waals surface area contributed by atoms with E-state index in [0.717, 1.165) is 11.4 Å². The molecule has 5 nitrogen and oxygen atoms in total. The van der Waals surface area contributed by atoms with Crippen molar-refractivity contribution in [3.63, 3.8) is 0 Å². The zero-order valence-corrected chi connectivity index (χ0v) is 14.5. The fraction of sp³-hybridized carbons (Fsp3) is 0.100. The van der Waals surface area contributed by atoms with Gasteiger partial charge in [0.2, 0.25) is 0 Å². The lowest BCUT2D eigenvalue weighted by molar-refractivity contribution is 0.102. The standard InChI is InChI=1S/C20H19FN4O/c1-25(2)18-10-7-16(8-11-18)24-20(26)19-12-9-17(13-22-19)23-15-5-3-14(21)4-6-15/h3-13,23H,1-2H3,(H,24,26). The van der Waals surface area contributed by atoms with Gasteiger partial charge in [-0.2, -0.15) is 0 Å². The molecule has 3 aromatic rings. The molecule has 0 aliphatic carbocycles. The summed E-state index contributed by atoms with van der Waals surface area (Å²) >= 11 is 0. The molecule has 0 unspecified atom stereocenters. The Morgan fingerprint density at radius 1 is 0.885 bits per heavy atom. The largest absolute Gasteiger partial charge is 0.378 e. The van der Waals surface area contributed by atoms with Crippen molar-refractivity contribution >= 4 is 28.7 Å². The summed E-state index contributed by atoms with van der Waals surface area (Å²) in [4.78, 5) is 18.5. The minimum atomic E-state index is -0.292. The summed E-state index contributed by atoms with van der Waals surface area (Å²) in [6, 6.07) is 16.9. The number of carbonyl (C=O) groups excluding carboxylic acids is 1. The number of amides is 1. The third-order valence-corrected chi connectivity index (χ3v) is 3.77. The van der Waals surface area contributed by atoms with Gasteiger partial charge in [-0.1, -0.05) is 0 Å².